The molecule has 2 bridgehead atoms. The lowest BCUT2D eigenvalue weighted by atomic mass is 9.83. The number of sulfonamides is 1. The normalized spacial score (nSPS) is 19.2. The molecule has 1 amide bonds. The molecular weight excluding hydrogens is 472 g/mol. The lowest BCUT2D eigenvalue weighted by Crippen LogP contribution is -2.49. The largest absolute Gasteiger partial charge is 0.341 e. The Morgan fingerprint density at radius 1 is 1.12 bits per heavy atom. The quantitative estimate of drug-likeness (QED) is 0.586. The SMILES string of the molecule is N#Cc1ccccc1S(=O)(=O)Nc1ccc2n(c1=O)C[C@@H]1C[C@@H]2CN(C(=O)Cc2cccs2)C1. The zero-order valence-corrected chi connectivity index (χ0v) is 19.8. The first-order chi connectivity index (χ1) is 16.4. The molecule has 0 aliphatic carbocycles. The van der Waals surface area contributed by atoms with Gasteiger partial charge in [-0.25, -0.2) is 8.42 Å². The van der Waals surface area contributed by atoms with E-state index in [0.29, 0.717) is 26.1 Å². The number of hydrogen-bond acceptors (Lipinski definition) is 6. The van der Waals surface area contributed by atoms with Gasteiger partial charge in [0.2, 0.25) is 5.91 Å². The van der Waals surface area contributed by atoms with Crippen molar-refractivity contribution in [3.05, 3.63) is 80.4 Å². The van der Waals surface area contributed by atoms with Crippen LogP contribution in [0.1, 0.15) is 28.5 Å². The van der Waals surface area contributed by atoms with E-state index in [1.165, 1.54) is 24.3 Å². The number of nitrogens with zero attached hydrogens (tertiary/aromatic N) is 3. The van der Waals surface area contributed by atoms with Gasteiger partial charge < -0.3 is 9.47 Å². The van der Waals surface area contributed by atoms with E-state index in [0.717, 1.165) is 17.0 Å². The van der Waals surface area contributed by atoms with Gasteiger partial charge in [0.15, 0.2) is 0 Å². The van der Waals surface area contributed by atoms with Gasteiger partial charge in [-0.3, -0.25) is 14.3 Å². The molecule has 2 aromatic heterocycles. The van der Waals surface area contributed by atoms with Gasteiger partial charge in [-0.1, -0.05) is 18.2 Å². The van der Waals surface area contributed by atoms with Crippen molar-refractivity contribution < 1.29 is 13.2 Å². The number of nitrogens with one attached hydrogen (secondary N) is 1. The molecule has 0 spiro atoms. The third-order valence-corrected chi connectivity index (χ3v) is 8.70. The van der Waals surface area contributed by atoms with Gasteiger partial charge in [-0.05, 0) is 48.1 Å². The molecule has 1 saturated heterocycles. The number of amides is 1. The lowest BCUT2D eigenvalue weighted by molar-refractivity contribution is -0.133. The molecule has 2 aliphatic rings. The van der Waals surface area contributed by atoms with Crippen LogP contribution < -0.4 is 10.3 Å². The van der Waals surface area contributed by atoms with Crippen LogP contribution in [0.4, 0.5) is 5.69 Å². The number of aromatic nitrogens is 1. The van der Waals surface area contributed by atoms with Crippen molar-refractivity contribution in [1.82, 2.24) is 9.47 Å². The number of pyridine rings is 1. The average molecular weight is 495 g/mol. The van der Waals surface area contributed by atoms with Crippen molar-refractivity contribution in [3.63, 3.8) is 0 Å². The Morgan fingerprint density at radius 2 is 1.94 bits per heavy atom. The van der Waals surface area contributed by atoms with E-state index in [9.17, 15) is 23.3 Å². The van der Waals surface area contributed by atoms with Crippen LogP contribution >= 0.6 is 11.3 Å². The van der Waals surface area contributed by atoms with Gasteiger partial charge in [0.05, 0.1) is 12.0 Å². The Bertz CT molecular complexity index is 1450. The summed E-state index contributed by atoms with van der Waals surface area (Å²) in [5, 5.41) is 11.2. The molecule has 1 aromatic carbocycles. The van der Waals surface area contributed by atoms with Crippen LogP contribution in [0.15, 0.2) is 63.6 Å². The van der Waals surface area contributed by atoms with Gasteiger partial charge in [0.1, 0.15) is 16.7 Å². The fourth-order valence-electron chi connectivity index (χ4n) is 4.89. The third-order valence-electron chi connectivity index (χ3n) is 6.40. The number of hydrogen-bond donors (Lipinski definition) is 1. The van der Waals surface area contributed by atoms with Crippen LogP contribution in [0.2, 0.25) is 0 Å². The molecule has 34 heavy (non-hydrogen) atoms. The van der Waals surface area contributed by atoms with Crippen molar-refractivity contribution in [2.75, 3.05) is 17.8 Å². The van der Waals surface area contributed by atoms with E-state index in [1.807, 2.05) is 28.5 Å². The standard InChI is InChI=1S/C24H22N4O4S2/c25-12-17-4-1-2-6-22(17)34(31,32)26-20-7-8-21-18-10-16(14-28(21)24(20)30)13-27(15-18)23(29)11-19-5-3-9-33-19/h1-9,16,18,26H,10-11,13-15H2/t16-,18-/m1/s1. The first kappa shape index (κ1) is 22.4. The number of anilines is 1. The predicted molar refractivity (Wildman–Crippen MR) is 128 cm³/mol. The second-order valence-corrected chi connectivity index (χ2v) is 11.3. The number of thiophene rings is 1. The number of nitriles is 1. The Hall–Kier alpha value is -3.42. The molecule has 0 radical (unpaired) electrons. The molecule has 3 aromatic rings. The summed E-state index contributed by atoms with van der Waals surface area (Å²) in [6, 6.07) is 14.9. The van der Waals surface area contributed by atoms with Crippen LogP contribution in [0, 0.1) is 17.2 Å². The van der Waals surface area contributed by atoms with Crippen molar-refractivity contribution in [1.29, 1.82) is 5.26 Å². The van der Waals surface area contributed by atoms with Crippen molar-refractivity contribution in [2.24, 2.45) is 5.92 Å². The van der Waals surface area contributed by atoms with Gasteiger partial charge in [0, 0.05) is 36.1 Å². The monoisotopic (exact) mass is 494 g/mol. The maximum Gasteiger partial charge on any atom is 0.275 e. The number of rotatable bonds is 5. The summed E-state index contributed by atoms with van der Waals surface area (Å²) in [4.78, 5) is 28.8. The number of carbonyl (C=O) groups is 1. The van der Waals surface area contributed by atoms with Gasteiger partial charge in [-0.2, -0.15) is 5.26 Å². The number of likely N-dealkylation sites (tertiary alicyclic amines) is 1. The second-order valence-electron chi connectivity index (χ2n) is 8.65. The fraction of sp³-hybridized carbons (Fsp3) is 0.292. The Labute approximate surface area is 201 Å². The van der Waals surface area contributed by atoms with E-state index in [-0.39, 0.29) is 33.9 Å². The van der Waals surface area contributed by atoms with Crippen molar-refractivity contribution in [2.45, 2.75) is 30.2 Å². The maximum absolute atomic E-state index is 13.2. The summed E-state index contributed by atoms with van der Waals surface area (Å²) in [5.41, 5.74) is 0.357. The Kier molecular flexibility index (Phi) is 5.75. The van der Waals surface area contributed by atoms with E-state index < -0.39 is 15.6 Å². The van der Waals surface area contributed by atoms with Gasteiger partial charge >= 0.3 is 0 Å². The molecule has 0 unspecified atom stereocenters. The highest BCUT2D eigenvalue weighted by Gasteiger charge is 2.37. The lowest BCUT2D eigenvalue weighted by Gasteiger charge is -2.43. The van der Waals surface area contributed by atoms with E-state index in [2.05, 4.69) is 4.72 Å². The fourth-order valence-corrected chi connectivity index (χ4v) is 6.81. The smallest absolute Gasteiger partial charge is 0.275 e. The van der Waals surface area contributed by atoms with Crippen LogP contribution in [-0.2, 0) is 27.8 Å². The number of carbonyl (C=O) groups excluding carboxylic acids is 1. The van der Waals surface area contributed by atoms with Crippen LogP contribution in [-0.4, -0.2) is 36.9 Å². The van der Waals surface area contributed by atoms with Gasteiger partial charge in [-0.15, -0.1) is 11.3 Å². The first-order valence-corrected chi connectivity index (χ1v) is 13.3. The number of benzene rings is 1. The Morgan fingerprint density at radius 3 is 2.71 bits per heavy atom. The van der Waals surface area contributed by atoms with E-state index in [4.69, 9.17) is 0 Å². The first-order valence-electron chi connectivity index (χ1n) is 10.9. The molecule has 5 rings (SSSR count). The minimum absolute atomic E-state index is 0.00917. The van der Waals surface area contributed by atoms with Crippen LogP contribution in [0.5, 0.6) is 0 Å². The number of piperidine rings is 1. The molecule has 1 N–H and O–H groups in total. The van der Waals surface area contributed by atoms with E-state index in [1.54, 1.807) is 28.0 Å². The zero-order valence-electron chi connectivity index (χ0n) is 18.2. The van der Waals surface area contributed by atoms with E-state index >= 15 is 0 Å². The molecular formula is C24H22N4O4S2. The predicted octanol–water partition coefficient (Wildman–Crippen LogP) is 2.77. The molecule has 4 heterocycles. The molecule has 8 nitrogen and oxygen atoms in total. The zero-order chi connectivity index (χ0) is 23.9. The van der Waals surface area contributed by atoms with Crippen LogP contribution in [0.25, 0.3) is 0 Å². The molecule has 174 valence electrons. The summed E-state index contributed by atoms with van der Waals surface area (Å²) in [5.74, 6) is 0.244. The topological polar surface area (TPSA) is 112 Å². The third kappa shape index (κ3) is 4.13. The van der Waals surface area contributed by atoms with Crippen LogP contribution in [0.3, 0.4) is 0 Å². The molecule has 2 aliphatic heterocycles. The minimum Gasteiger partial charge on any atom is -0.341 e. The molecule has 0 saturated carbocycles. The van der Waals surface area contributed by atoms with Crippen molar-refractivity contribution in [3.8, 4) is 6.07 Å². The maximum atomic E-state index is 13.2. The number of fused-ring (bicyclic) bond motifs is 4. The summed E-state index contributed by atoms with van der Waals surface area (Å²) in [6.45, 7) is 1.55. The highest BCUT2D eigenvalue weighted by molar-refractivity contribution is 7.92. The summed E-state index contributed by atoms with van der Waals surface area (Å²) in [7, 11) is -4.11. The summed E-state index contributed by atoms with van der Waals surface area (Å²) < 4.78 is 29.8. The highest BCUT2D eigenvalue weighted by Crippen LogP contribution is 2.36. The second kappa shape index (κ2) is 8.74. The summed E-state index contributed by atoms with van der Waals surface area (Å²) >= 11 is 1.57. The minimum atomic E-state index is -4.11. The summed E-state index contributed by atoms with van der Waals surface area (Å²) in [6.07, 6.45) is 1.28. The molecule has 2 atom stereocenters. The molecule has 1 fully saturated rings. The van der Waals surface area contributed by atoms with Gasteiger partial charge in [0.25, 0.3) is 15.6 Å². The molecule has 10 heteroatoms. The Balaban J connectivity index is 1.39. The average Bonchev–Trinajstić information content (AvgIpc) is 3.34. The van der Waals surface area contributed by atoms with Crippen molar-refractivity contribution >= 4 is 33.0 Å². The highest BCUT2D eigenvalue weighted by atomic mass is 32.2.